The van der Waals surface area contributed by atoms with Crippen LogP contribution in [0, 0.1) is 0 Å². The van der Waals surface area contributed by atoms with E-state index in [0.717, 1.165) is 10.8 Å². The fraction of sp³-hybridized carbons (Fsp3) is 0.389. The standard InChI is InChI=1S/C18H19ClO4/c1-3-22-16(20)10-18(21)9-11(2)23-17-13-7-5-4-6-12(13)15(19)8-14(17)18/h4-8,11,21H,3,9-10H2,1-2H3/t11-,18-/m1/s1. The molecule has 0 radical (unpaired) electrons. The summed E-state index contributed by atoms with van der Waals surface area (Å²) >= 11 is 6.37. The lowest BCUT2D eigenvalue weighted by atomic mass is 9.81. The van der Waals surface area contributed by atoms with E-state index in [-0.39, 0.29) is 19.1 Å². The number of rotatable bonds is 3. The smallest absolute Gasteiger partial charge is 0.309 e. The molecule has 0 fully saturated rings. The molecule has 0 spiro atoms. The Morgan fingerprint density at radius 1 is 1.43 bits per heavy atom. The van der Waals surface area contributed by atoms with Crippen molar-refractivity contribution < 1.29 is 19.4 Å². The van der Waals surface area contributed by atoms with Gasteiger partial charge in [0.2, 0.25) is 0 Å². The molecule has 0 saturated carbocycles. The van der Waals surface area contributed by atoms with Gasteiger partial charge in [0.1, 0.15) is 11.4 Å². The molecule has 3 rings (SSSR count). The fourth-order valence-electron chi connectivity index (χ4n) is 3.22. The van der Waals surface area contributed by atoms with Gasteiger partial charge in [0.25, 0.3) is 0 Å². The first-order valence-corrected chi connectivity index (χ1v) is 8.09. The SMILES string of the molecule is CCOC(=O)C[C@]1(O)C[C@@H](C)Oc2c1cc(Cl)c1ccccc21. The molecule has 5 heteroatoms. The number of halogens is 1. The van der Waals surface area contributed by atoms with Crippen LogP contribution in [-0.2, 0) is 15.1 Å². The summed E-state index contributed by atoms with van der Waals surface area (Å²) in [5.74, 6) is 0.162. The Labute approximate surface area is 140 Å². The van der Waals surface area contributed by atoms with Gasteiger partial charge in [-0.15, -0.1) is 0 Å². The van der Waals surface area contributed by atoms with Crippen molar-refractivity contribution >= 4 is 28.3 Å². The van der Waals surface area contributed by atoms with Crippen LogP contribution in [0.4, 0.5) is 0 Å². The van der Waals surface area contributed by atoms with Crippen LogP contribution in [0.1, 0.15) is 32.3 Å². The summed E-state index contributed by atoms with van der Waals surface area (Å²) in [6.07, 6.45) is -0.0181. The number of fused-ring (bicyclic) bond motifs is 3. The van der Waals surface area contributed by atoms with Gasteiger partial charge < -0.3 is 14.6 Å². The largest absolute Gasteiger partial charge is 0.490 e. The number of carbonyl (C=O) groups excluding carboxylic acids is 1. The van der Waals surface area contributed by atoms with Crippen molar-refractivity contribution in [3.8, 4) is 5.75 Å². The molecule has 122 valence electrons. The van der Waals surface area contributed by atoms with Crippen LogP contribution in [0.2, 0.25) is 5.02 Å². The van der Waals surface area contributed by atoms with Gasteiger partial charge >= 0.3 is 5.97 Å². The Bertz CT molecular complexity index is 758. The van der Waals surface area contributed by atoms with Crippen molar-refractivity contribution in [2.45, 2.75) is 38.4 Å². The van der Waals surface area contributed by atoms with Crippen molar-refractivity contribution in [3.63, 3.8) is 0 Å². The van der Waals surface area contributed by atoms with E-state index in [2.05, 4.69) is 0 Å². The number of esters is 1. The lowest BCUT2D eigenvalue weighted by molar-refractivity contribution is -0.151. The highest BCUT2D eigenvalue weighted by Gasteiger charge is 2.42. The lowest BCUT2D eigenvalue weighted by Crippen LogP contribution is -2.39. The van der Waals surface area contributed by atoms with Crippen LogP contribution in [0.3, 0.4) is 0 Å². The second kappa shape index (κ2) is 6.02. The van der Waals surface area contributed by atoms with Gasteiger partial charge in [0, 0.05) is 27.8 Å². The van der Waals surface area contributed by atoms with Gasteiger partial charge in [-0.2, -0.15) is 0 Å². The minimum atomic E-state index is -1.34. The van der Waals surface area contributed by atoms with Gasteiger partial charge in [0.15, 0.2) is 0 Å². The van der Waals surface area contributed by atoms with Crippen molar-refractivity contribution in [3.05, 3.63) is 40.9 Å². The van der Waals surface area contributed by atoms with Crippen molar-refractivity contribution in [2.75, 3.05) is 6.61 Å². The molecule has 2 atom stereocenters. The number of hydrogen-bond donors (Lipinski definition) is 1. The highest BCUT2D eigenvalue weighted by atomic mass is 35.5. The number of ether oxygens (including phenoxy) is 2. The summed E-state index contributed by atoms with van der Waals surface area (Å²) in [6, 6.07) is 9.31. The predicted octanol–water partition coefficient (Wildman–Crippen LogP) is 3.81. The molecule has 1 aliphatic heterocycles. The van der Waals surface area contributed by atoms with Gasteiger partial charge in [-0.1, -0.05) is 35.9 Å². The first-order chi connectivity index (χ1) is 10.9. The average Bonchev–Trinajstić information content (AvgIpc) is 2.49. The van der Waals surface area contributed by atoms with Gasteiger partial charge in [0.05, 0.1) is 19.1 Å². The molecule has 0 amide bonds. The van der Waals surface area contributed by atoms with Crippen LogP contribution in [0.5, 0.6) is 5.75 Å². The van der Waals surface area contributed by atoms with E-state index in [0.29, 0.717) is 22.8 Å². The van der Waals surface area contributed by atoms with E-state index in [4.69, 9.17) is 21.1 Å². The summed E-state index contributed by atoms with van der Waals surface area (Å²) in [7, 11) is 0. The third-order valence-corrected chi connectivity index (χ3v) is 4.45. The van der Waals surface area contributed by atoms with Crippen LogP contribution in [0.15, 0.2) is 30.3 Å². The summed E-state index contributed by atoms with van der Waals surface area (Å²) < 4.78 is 11.0. The average molecular weight is 335 g/mol. The molecule has 0 aliphatic carbocycles. The van der Waals surface area contributed by atoms with Crippen LogP contribution >= 0.6 is 11.6 Å². The summed E-state index contributed by atoms with van der Waals surface area (Å²) in [5.41, 5.74) is -0.792. The van der Waals surface area contributed by atoms with Gasteiger partial charge in [-0.05, 0) is 19.9 Å². The van der Waals surface area contributed by atoms with Crippen molar-refractivity contribution in [1.29, 1.82) is 0 Å². The lowest BCUT2D eigenvalue weighted by Gasteiger charge is -2.37. The van der Waals surface area contributed by atoms with Gasteiger partial charge in [-0.3, -0.25) is 4.79 Å². The Kier molecular flexibility index (Phi) is 4.21. The number of carbonyl (C=O) groups is 1. The second-order valence-corrected chi connectivity index (χ2v) is 6.33. The Hall–Kier alpha value is -1.78. The van der Waals surface area contributed by atoms with E-state index in [1.54, 1.807) is 13.0 Å². The number of hydrogen-bond acceptors (Lipinski definition) is 4. The van der Waals surface area contributed by atoms with Crippen LogP contribution < -0.4 is 4.74 Å². The molecule has 0 aromatic heterocycles. The molecule has 2 aromatic carbocycles. The molecule has 2 aromatic rings. The molecule has 23 heavy (non-hydrogen) atoms. The normalized spacial score (nSPS) is 23.2. The zero-order chi connectivity index (χ0) is 16.6. The fourth-order valence-corrected chi connectivity index (χ4v) is 3.50. The minimum Gasteiger partial charge on any atom is -0.490 e. The maximum atomic E-state index is 11.9. The predicted molar refractivity (Wildman–Crippen MR) is 88.8 cm³/mol. The summed E-state index contributed by atoms with van der Waals surface area (Å²) in [6.45, 7) is 3.90. The van der Waals surface area contributed by atoms with E-state index < -0.39 is 11.6 Å². The van der Waals surface area contributed by atoms with E-state index in [1.165, 1.54) is 0 Å². The molecule has 1 aliphatic rings. The maximum Gasteiger partial charge on any atom is 0.309 e. The third kappa shape index (κ3) is 2.89. The van der Waals surface area contributed by atoms with Crippen LogP contribution in [0.25, 0.3) is 10.8 Å². The minimum absolute atomic E-state index is 0.115. The quantitative estimate of drug-likeness (QED) is 0.867. The highest BCUT2D eigenvalue weighted by molar-refractivity contribution is 6.36. The summed E-state index contributed by atoms with van der Waals surface area (Å²) in [4.78, 5) is 11.9. The molecular weight excluding hydrogens is 316 g/mol. The second-order valence-electron chi connectivity index (χ2n) is 5.93. The molecule has 0 saturated heterocycles. The Balaban J connectivity index is 2.15. The van der Waals surface area contributed by atoms with E-state index in [9.17, 15) is 9.90 Å². The zero-order valence-corrected chi connectivity index (χ0v) is 13.9. The first-order valence-electron chi connectivity index (χ1n) is 7.71. The van der Waals surface area contributed by atoms with Crippen molar-refractivity contribution in [1.82, 2.24) is 0 Å². The molecule has 0 bridgehead atoms. The molecular formula is C18H19ClO4. The first kappa shape index (κ1) is 16.1. The Morgan fingerprint density at radius 3 is 2.83 bits per heavy atom. The topological polar surface area (TPSA) is 55.8 Å². The monoisotopic (exact) mass is 334 g/mol. The number of aliphatic hydroxyl groups is 1. The summed E-state index contributed by atoms with van der Waals surface area (Å²) in [5, 5.41) is 13.4. The zero-order valence-electron chi connectivity index (χ0n) is 13.1. The molecule has 0 unspecified atom stereocenters. The molecule has 1 heterocycles. The maximum absolute atomic E-state index is 11.9. The third-order valence-electron chi connectivity index (χ3n) is 4.13. The van der Waals surface area contributed by atoms with Crippen LogP contribution in [-0.4, -0.2) is 23.8 Å². The van der Waals surface area contributed by atoms with E-state index >= 15 is 0 Å². The number of benzene rings is 2. The molecule has 4 nitrogen and oxygen atoms in total. The Morgan fingerprint density at radius 2 is 2.13 bits per heavy atom. The molecule has 1 N–H and O–H groups in total. The highest BCUT2D eigenvalue weighted by Crippen LogP contribution is 2.47. The van der Waals surface area contributed by atoms with Crippen molar-refractivity contribution in [2.24, 2.45) is 0 Å². The van der Waals surface area contributed by atoms with E-state index in [1.807, 2.05) is 31.2 Å². The van der Waals surface area contributed by atoms with Gasteiger partial charge in [-0.25, -0.2) is 0 Å².